The third kappa shape index (κ3) is 6.48. The molecule has 0 heterocycles. The lowest BCUT2D eigenvalue weighted by atomic mass is 9.68. The van der Waals surface area contributed by atoms with E-state index >= 15 is 0 Å². The monoisotopic (exact) mass is 396 g/mol. The summed E-state index contributed by atoms with van der Waals surface area (Å²) in [6.45, 7) is -2.75. The summed E-state index contributed by atoms with van der Waals surface area (Å²) in [5.74, 6) is 3.60. The van der Waals surface area contributed by atoms with Crippen LogP contribution in [0.15, 0.2) is 35.9 Å². The predicted molar refractivity (Wildman–Crippen MR) is 107 cm³/mol. The zero-order chi connectivity index (χ0) is 19.1. The first-order chi connectivity index (χ1) is 13.1. The number of benzene rings is 1. The van der Waals surface area contributed by atoms with Gasteiger partial charge in [-0.2, -0.15) is 8.78 Å². The minimum Gasteiger partial charge on any atom is -0.435 e. The Kier molecular flexibility index (Phi) is 7.99. The molecule has 0 N–H and O–H groups in total. The Hall–Kier alpha value is -1.09. The van der Waals surface area contributed by atoms with E-state index in [4.69, 9.17) is 11.6 Å². The molecule has 4 heteroatoms. The average molecular weight is 397 g/mol. The van der Waals surface area contributed by atoms with Crippen LogP contribution in [0, 0.1) is 23.7 Å². The van der Waals surface area contributed by atoms with Gasteiger partial charge in [-0.1, -0.05) is 42.7 Å². The van der Waals surface area contributed by atoms with Crippen LogP contribution in [0.25, 0.3) is 0 Å². The van der Waals surface area contributed by atoms with Crippen molar-refractivity contribution < 1.29 is 13.5 Å². The highest BCUT2D eigenvalue weighted by molar-refractivity contribution is 6.25. The van der Waals surface area contributed by atoms with Crippen molar-refractivity contribution in [3.05, 3.63) is 41.4 Å². The van der Waals surface area contributed by atoms with E-state index in [1.54, 1.807) is 17.7 Å². The number of aryl methyl sites for hydroxylation is 1. The molecule has 0 amide bonds. The van der Waals surface area contributed by atoms with Crippen molar-refractivity contribution in [2.24, 2.45) is 23.7 Å². The number of hydrogen-bond donors (Lipinski definition) is 0. The van der Waals surface area contributed by atoms with Crippen molar-refractivity contribution >= 4 is 11.6 Å². The molecule has 1 nitrogen and oxygen atoms in total. The molecule has 1 aromatic rings. The van der Waals surface area contributed by atoms with E-state index in [0.29, 0.717) is 5.92 Å². The summed E-state index contributed by atoms with van der Waals surface area (Å²) in [6, 6.07) is 7.12. The first-order valence-electron chi connectivity index (χ1n) is 10.4. The van der Waals surface area contributed by atoms with E-state index in [-0.39, 0.29) is 5.75 Å². The number of ether oxygens (including phenoxy) is 1. The van der Waals surface area contributed by atoms with Crippen LogP contribution < -0.4 is 4.74 Å². The normalized spacial score (nSPS) is 29.3. The summed E-state index contributed by atoms with van der Waals surface area (Å²) in [4.78, 5) is 0. The van der Waals surface area contributed by atoms with Crippen LogP contribution in [-0.4, -0.2) is 6.61 Å². The highest BCUT2D eigenvalue weighted by Crippen LogP contribution is 2.42. The number of rotatable bonds is 7. The number of allylic oxidation sites excluding steroid dienone is 1. The second-order valence-electron chi connectivity index (χ2n) is 8.34. The van der Waals surface area contributed by atoms with Crippen molar-refractivity contribution in [1.29, 1.82) is 0 Å². The number of hydrogen-bond acceptors (Lipinski definition) is 1. The van der Waals surface area contributed by atoms with Crippen LogP contribution >= 0.6 is 11.6 Å². The number of halogens is 3. The molecule has 0 unspecified atom stereocenters. The Bertz CT molecular complexity index is 571. The van der Waals surface area contributed by atoms with Gasteiger partial charge in [0.1, 0.15) is 5.75 Å². The maximum absolute atomic E-state index is 12.2. The quantitative estimate of drug-likeness (QED) is 0.461. The van der Waals surface area contributed by atoms with Crippen LogP contribution in [0.2, 0.25) is 0 Å². The van der Waals surface area contributed by atoms with E-state index in [2.05, 4.69) is 10.8 Å². The molecule has 0 radical (unpaired) electrons. The molecule has 1 aromatic carbocycles. The summed E-state index contributed by atoms with van der Waals surface area (Å²) in [5, 5.41) is 0. The zero-order valence-electron chi connectivity index (χ0n) is 16.0. The molecular formula is C23H31ClF2O. The van der Waals surface area contributed by atoms with Crippen molar-refractivity contribution in [2.75, 3.05) is 0 Å². The fourth-order valence-electron chi connectivity index (χ4n) is 5.07. The summed E-state index contributed by atoms with van der Waals surface area (Å²) < 4.78 is 28.8. The van der Waals surface area contributed by atoms with Gasteiger partial charge in [-0.05, 0) is 92.7 Å². The van der Waals surface area contributed by atoms with E-state index in [0.717, 1.165) is 24.2 Å². The lowest BCUT2D eigenvalue weighted by Crippen LogP contribution is -2.25. The number of alkyl halides is 2. The van der Waals surface area contributed by atoms with E-state index in [9.17, 15) is 8.78 Å². The van der Waals surface area contributed by atoms with Gasteiger partial charge in [-0.3, -0.25) is 0 Å². The Morgan fingerprint density at radius 2 is 1.52 bits per heavy atom. The van der Waals surface area contributed by atoms with Gasteiger partial charge in [0.15, 0.2) is 0 Å². The molecule has 0 atom stereocenters. The van der Waals surface area contributed by atoms with Crippen molar-refractivity contribution in [1.82, 2.24) is 0 Å². The van der Waals surface area contributed by atoms with Crippen molar-refractivity contribution in [2.45, 2.75) is 70.8 Å². The summed E-state index contributed by atoms with van der Waals surface area (Å²) in [5.41, 5.74) is 2.90. The van der Waals surface area contributed by atoms with Crippen LogP contribution in [0.1, 0.15) is 63.4 Å². The Balaban J connectivity index is 1.36. The van der Waals surface area contributed by atoms with Gasteiger partial charge in [0.25, 0.3) is 0 Å². The van der Waals surface area contributed by atoms with Crippen LogP contribution in [0.5, 0.6) is 5.75 Å². The molecule has 0 aliphatic heterocycles. The fraction of sp³-hybridized carbons (Fsp3) is 0.652. The molecule has 2 aliphatic rings. The second-order valence-corrected chi connectivity index (χ2v) is 8.59. The highest BCUT2D eigenvalue weighted by Gasteiger charge is 2.30. The molecule has 2 aliphatic carbocycles. The Morgan fingerprint density at radius 3 is 2.07 bits per heavy atom. The lowest BCUT2D eigenvalue weighted by Gasteiger charge is -2.37. The van der Waals surface area contributed by atoms with Gasteiger partial charge < -0.3 is 4.74 Å². The highest BCUT2D eigenvalue weighted by atomic mass is 35.5. The molecule has 2 fully saturated rings. The standard InChI is InChI=1S/C23H31ClF2O/c24-16-15-19-5-11-21(12-6-19)20-9-3-17(4-10-20)1-2-18-7-13-22(14-8-18)27-23(25)26/h7-8,13-17,19-21,23H,1-6,9-12H2. The Labute approximate surface area is 167 Å². The Morgan fingerprint density at radius 1 is 0.926 bits per heavy atom. The first-order valence-corrected chi connectivity index (χ1v) is 10.9. The average Bonchev–Trinajstić information content (AvgIpc) is 2.68. The molecule has 150 valence electrons. The maximum atomic E-state index is 12.2. The third-order valence-electron chi connectivity index (χ3n) is 6.71. The summed E-state index contributed by atoms with van der Waals surface area (Å²) >= 11 is 5.72. The van der Waals surface area contributed by atoms with Gasteiger partial charge in [0, 0.05) is 5.54 Å². The van der Waals surface area contributed by atoms with Crippen molar-refractivity contribution in [3.8, 4) is 5.75 Å². The van der Waals surface area contributed by atoms with Crippen LogP contribution in [0.4, 0.5) is 8.78 Å². The van der Waals surface area contributed by atoms with Gasteiger partial charge in [0.05, 0.1) is 0 Å². The minimum atomic E-state index is -2.75. The van der Waals surface area contributed by atoms with Gasteiger partial charge in [0.2, 0.25) is 0 Å². The van der Waals surface area contributed by atoms with Crippen molar-refractivity contribution in [3.63, 3.8) is 0 Å². The van der Waals surface area contributed by atoms with E-state index in [1.807, 2.05) is 12.1 Å². The topological polar surface area (TPSA) is 9.23 Å². The van der Waals surface area contributed by atoms with Gasteiger partial charge in [-0.15, -0.1) is 0 Å². The minimum absolute atomic E-state index is 0.241. The second kappa shape index (κ2) is 10.5. The van der Waals surface area contributed by atoms with Crippen LogP contribution in [0.3, 0.4) is 0 Å². The molecule has 0 spiro atoms. The molecular weight excluding hydrogens is 366 g/mol. The summed E-state index contributed by atoms with van der Waals surface area (Å²) in [6.07, 6.45) is 15.2. The third-order valence-corrected chi connectivity index (χ3v) is 6.85. The molecule has 0 bridgehead atoms. The largest absolute Gasteiger partial charge is 0.435 e. The molecule has 2 saturated carbocycles. The predicted octanol–water partition coefficient (Wildman–Crippen LogP) is 7.59. The van der Waals surface area contributed by atoms with Gasteiger partial charge in [-0.25, -0.2) is 0 Å². The zero-order valence-corrected chi connectivity index (χ0v) is 16.7. The van der Waals surface area contributed by atoms with Gasteiger partial charge >= 0.3 is 6.61 Å². The van der Waals surface area contributed by atoms with E-state index in [1.165, 1.54) is 63.4 Å². The fourth-order valence-corrected chi connectivity index (χ4v) is 5.27. The lowest BCUT2D eigenvalue weighted by molar-refractivity contribution is -0.0498. The molecule has 0 aromatic heterocycles. The molecule has 0 saturated heterocycles. The molecule has 3 rings (SSSR count). The van der Waals surface area contributed by atoms with Crippen LogP contribution in [-0.2, 0) is 6.42 Å². The van der Waals surface area contributed by atoms with E-state index < -0.39 is 6.61 Å². The smallest absolute Gasteiger partial charge is 0.387 e. The molecule has 27 heavy (non-hydrogen) atoms. The first kappa shape index (κ1) is 20.6. The maximum Gasteiger partial charge on any atom is 0.387 e. The SMILES string of the molecule is FC(F)Oc1ccc(CCC2CCC(C3CCC(C=CCl)CC3)CC2)cc1. The summed E-state index contributed by atoms with van der Waals surface area (Å²) in [7, 11) is 0.